The molecule has 1 amide bonds. The number of ether oxygens (including phenoxy) is 2. The van der Waals surface area contributed by atoms with Gasteiger partial charge in [0.25, 0.3) is 5.91 Å². The number of piperazine rings is 1. The quantitative estimate of drug-likeness (QED) is 0.710. The summed E-state index contributed by atoms with van der Waals surface area (Å²) in [5.74, 6) is 0.314. The first-order chi connectivity index (χ1) is 15.5. The number of likely N-dealkylation sites (N-methyl/N-ethyl adjacent to an activating group) is 1. The zero-order chi connectivity index (χ0) is 22.3. The van der Waals surface area contributed by atoms with Crippen LogP contribution in [0.3, 0.4) is 0 Å². The first kappa shape index (κ1) is 20.9. The zero-order valence-corrected chi connectivity index (χ0v) is 18.1. The van der Waals surface area contributed by atoms with Gasteiger partial charge < -0.3 is 19.5 Å². The Labute approximate surface area is 186 Å². The van der Waals surface area contributed by atoms with Gasteiger partial charge in [-0.3, -0.25) is 19.4 Å². The predicted octanol–water partition coefficient (Wildman–Crippen LogP) is 1.47. The van der Waals surface area contributed by atoms with E-state index in [1.165, 1.54) is 0 Å². The number of rotatable bonds is 5. The molecule has 2 aromatic carbocycles. The molecule has 32 heavy (non-hydrogen) atoms. The molecule has 0 saturated carbocycles. The number of para-hydroxylation sites is 1. The number of aliphatic hydroxyl groups is 1. The number of amides is 1. The fourth-order valence-electron chi connectivity index (χ4n) is 4.56. The number of hydrogen-bond acceptors (Lipinski definition) is 7. The summed E-state index contributed by atoms with van der Waals surface area (Å²) in [6, 6.07) is 12.1. The second kappa shape index (κ2) is 8.20. The Morgan fingerprint density at radius 2 is 1.75 bits per heavy atom. The lowest BCUT2D eigenvalue weighted by Gasteiger charge is -2.35. The molecule has 5 rings (SSSR count). The number of Topliss-reactive ketones (excluding diaryl/α,β-unsaturated/α-hetero) is 1. The monoisotopic (exact) mass is 437 g/mol. The van der Waals surface area contributed by atoms with Crippen molar-refractivity contribution < 1.29 is 24.2 Å². The maximum Gasteiger partial charge on any atom is 0.265 e. The summed E-state index contributed by atoms with van der Waals surface area (Å²) in [6.45, 7) is 4.82. The van der Waals surface area contributed by atoms with E-state index in [0.29, 0.717) is 48.2 Å². The molecule has 8 heteroatoms. The Morgan fingerprint density at radius 1 is 1.03 bits per heavy atom. The molecule has 0 aliphatic carbocycles. The van der Waals surface area contributed by atoms with Gasteiger partial charge in [-0.1, -0.05) is 18.2 Å². The van der Waals surface area contributed by atoms with Crippen molar-refractivity contribution in [2.75, 3.05) is 58.0 Å². The lowest BCUT2D eigenvalue weighted by atomic mass is 9.88. The molecule has 2 aromatic rings. The molecule has 0 spiro atoms. The van der Waals surface area contributed by atoms with Crippen LogP contribution in [0.2, 0.25) is 0 Å². The Kier molecular flexibility index (Phi) is 5.36. The predicted molar refractivity (Wildman–Crippen MR) is 118 cm³/mol. The number of carbonyl (C=O) groups excluding carboxylic acids is 2. The summed E-state index contributed by atoms with van der Waals surface area (Å²) < 4.78 is 11.1. The molecule has 1 unspecified atom stereocenters. The van der Waals surface area contributed by atoms with Gasteiger partial charge in [0.1, 0.15) is 13.2 Å². The van der Waals surface area contributed by atoms with Gasteiger partial charge in [-0.2, -0.15) is 0 Å². The van der Waals surface area contributed by atoms with Crippen molar-refractivity contribution >= 4 is 17.4 Å². The molecule has 0 bridgehead atoms. The lowest BCUT2D eigenvalue weighted by molar-refractivity contribution is -0.136. The maximum absolute atomic E-state index is 13.5. The third-order valence-corrected chi connectivity index (χ3v) is 6.46. The van der Waals surface area contributed by atoms with Crippen LogP contribution in [-0.2, 0) is 10.4 Å². The molecule has 0 radical (unpaired) electrons. The van der Waals surface area contributed by atoms with Crippen LogP contribution in [0.15, 0.2) is 42.5 Å². The van der Waals surface area contributed by atoms with Crippen LogP contribution in [0.1, 0.15) is 22.3 Å². The van der Waals surface area contributed by atoms with E-state index in [9.17, 15) is 14.7 Å². The molecule has 1 fully saturated rings. The van der Waals surface area contributed by atoms with Crippen LogP contribution in [0.5, 0.6) is 11.5 Å². The van der Waals surface area contributed by atoms with Crippen molar-refractivity contribution in [1.29, 1.82) is 0 Å². The van der Waals surface area contributed by atoms with Crippen molar-refractivity contribution in [2.24, 2.45) is 0 Å². The number of nitrogens with zero attached hydrogens (tertiary/aromatic N) is 3. The fourth-order valence-corrected chi connectivity index (χ4v) is 4.56. The van der Waals surface area contributed by atoms with Crippen LogP contribution >= 0.6 is 0 Å². The molecule has 3 aliphatic rings. The van der Waals surface area contributed by atoms with E-state index >= 15 is 0 Å². The van der Waals surface area contributed by atoms with E-state index in [1.54, 1.807) is 35.2 Å². The van der Waals surface area contributed by atoms with E-state index in [2.05, 4.69) is 16.8 Å². The number of ketones is 1. The van der Waals surface area contributed by atoms with Crippen LogP contribution in [0.25, 0.3) is 0 Å². The van der Waals surface area contributed by atoms with Crippen molar-refractivity contribution in [2.45, 2.75) is 12.0 Å². The van der Waals surface area contributed by atoms with Crippen molar-refractivity contribution in [3.63, 3.8) is 0 Å². The highest BCUT2D eigenvalue weighted by atomic mass is 16.6. The summed E-state index contributed by atoms with van der Waals surface area (Å²) in [5.41, 5.74) is -0.377. The largest absolute Gasteiger partial charge is 0.486 e. The van der Waals surface area contributed by atoms with Crippen LogP contribution < -0.4 is 14.4 Å². The number of hydrogen-bond donors (Lipinski definition) is 1. The molecule has 0 aromatic heterocycles. The SMILES string of the molecule is CN1CCN(CN2C(=O)C(O)(CC(=O)c3ccc4c(c3)OCCO4)c3ccccc32)CC1. The van der Waals surface area contributed by atoms with Crippen LogP contribution in [0.4, 0.5) is 5.69 Å². The molecule has 1 N–H and O–H groups in total. The average Bonchev–Trinajstić information content (AvgIpc) is 3.02. The summed E-state index contributed by atoms with van der Waals surface area (Å²) in [4.78, 5) is 32.7. The Balaban J connectivity index is 1.39. The van der Waals surface area contributed by atoms with Crippen molar-refractivity contribution in [1.82, 2.24) is 9.80 Å². The summed E-state index contributed by atoms with van der Waals surface area (Å²) in [6.07, 6.45) is -0.332. The molecule has 168 valence electrons. The second-order valence-corrected chi connectivity index (χ2v) is 8.63. The first-order valence-electron chi connectivity index (χ1n) is 10.9. The van der Waals surface area contributed by atoms with Crippen molar-refractivity contribution in [3.05, 3.63) is 53.6 Å². The smallest absolute Gasteiger partial charge is 0.265 e. The molecular formula is C24H27N3O5. The Hall–Kier alpha value is -2.94. The standard InChI is InChI=1S/C24H27N3O5/c1-25-8-10-26(11-9-25)16-27-19-5-3-2-4-18(19)24(30,23(27)29)15-20(28)17-6-7-21-22(14-17)32-13-12-31-21/h2-7,14,30H,8-13,15-16H2,1H3. The van der Waals surface area contributed by atoms with E-state index in [4.69, 9.17) is 9.47 Å². The number of benzene rings is 2. The average molecular weight is 437 g/mol. The number of carbonyl (C=O) groups is 2. The Bertz CT molecular complexity index is 1050. The molecule has 3 aliphatic heterocycles. The van der Waals surface area contributed by atoms with Crippen molar-refractivity contribution in [3.8, 4) is 11.5 Å². The highest BCUT2D eigenvalue weighted by Crippen LogP contribution is 2.43. The molecule has 1 saturated heterocycles. The van der Waals surface area contributed by atoms with Gasteiger partial charge in [-0.25, -0.2) is 0 Å². The van der Waals surface area contributed by atoms with Gasteiger partial charge in [0.15, 0.2) is 22.9 Å². The first-order valence-corrected chi connectivity index (χ1v) is 10.9. The van der Waals surface area contributed by atoms with Gasteiger partial charge in [-0.15, -0.1) is 0 Å². The van der Waals surface area contributed by atoms with E-state index in [-0.39, 0.29) is 12.2 Å². The summed E-state index contributed by atoms with van der Waals surface area (Å²) in [7, 11) is 2.08. The fraction of sp³-hybridized carbons (Fsp3) is 0.417. The topological polar surface area (TPSA) is 82.6 Å². The maximum atomic E-state index is 13.5. The van der Waals surface area contributed by atoms with E-state index in [0.717, 1.165) is 26.2 Å². The van der Waals surface area contributed by atoms with Gasteiger partial charge >= 0.3 is 0 Å². The third kappa shape index (κ3) is 3.64. The van der Waals surface area contributed by atoms with Crippen LogP contribution in [-0.4, -0.2) is 79.7 Å². The molecule has 1 atom stereocenters. The minimum atomic E-state index is -1.90. The number of fused-ring (bicyclic) bond motifs is 2. The van der Waals surface area contributed by atoms with Gasteiger partial charge in [0.2, 0.25) is 0 Å². The minimum absolute atomic E-state index is 0.325. The third-order valence-electron chi connectivity index (χ3n) is 6.46. The van der Waals surface area contributed by atoms with Crippen LogP contribution in [0, 0.1) is 0 Å². The normalized spacial score (nSPS) is 23.3. The minimum Gasteiger partial charge on any atom is -0.486 e. The molecule has 3 heterocycles. The lowest BCUT2D eigenvalue weighted by Crippen LogP contribution is -2.51. The zero-order valence-electron chi connectivity index (χ0n) is 18.1. The van der Waals surface area contributed by atoms with Gasteiger partial charge in [0, 0.05) is 37.3 Å². The summed E-state index contributed by atoms with van der Waals surface area (Å²) in [5, 5.41) is 11.5. The highest BCUT2D eigenvalue weighted by molar-refractivity contribution is 6.10. The molecular weight excluding hydrogens is 410 g/mol. The molecule has 8 nitrogen and oxygen atoms in total. The van der Waals surface area contributed by atoms with E-state index in [1.807, 2.05) is 12.1 Å². The second-order valence-electron chi connectivity index (χ2n) is 8.63. The summed E-state index contributed by atoms with van der Waals surface area (Å²) >= 11 is 0. The van der Waals surface area contributed by atoms with E-state index < -0.39 is 11.5 Å². The highest BCUT2D eigenvalue weighted by Gasteiger charge is 2.51. The Morgan fingerprint density at radius 3 is 2.53 bits per heavy atom. The van der Waals surface area contributed by atoms with Gasteiger partial charge in [0.05, 0.1) is 18.8 Å². The number of anilines is 1. The van der Waals surface area contributed by atoms with Gasteiger partial charge in [-0.05, 0) is 31.3 Å².